The molecule has 0 aliphatic heterocycles. The predicted octanol–water partition coefficient (Wildman–Crippen LogP) is 0.730. The molecular weight excluding hydrogens is 260 g/mol. The van der Waals surface area contributed by atoms with E-state index in [9.17, 15) is 9.59 Å². The van der Waals surface area contributed by atoms with Crippen molar-refractivity contribution in [2.24, 2.45) is 10.2 Å². The Morgan fingerprint density at radius 3 is 2.25 bits per heavy atom. The first-order valence-electron chi connectivity index (χ1n) is 5.51. The molecule has 0 atom stereocenters. The van der Waals surface area contributed by atoms with E-state index in [0.717, 1.165) is 12.2 Å². The molecule has 7 nitrogen and oxygen atoms in total. The third-order valence-corrected chi connectivity index (χ3v) is 2.44. The van der Waals surface area contributed by atoms with Gasteiger partial charge < -0.3 is 10.6 Å². The summed E-state index contributed by atoms with van der Waals surface area (Å²) in [6, 6.07) is 0. The van der Waals surface area contributed by atoms with E-state index in [1.807, 2.05) is 0 Å². The lowest BCUT2D eigenvalue weighted by Crippen LogP contribution is -2.15. The third-order valence-electron chi connectivity index (χ3n) is 2.44. The fourth-order valence-electron chi connectivity index (χ4n) is 1.45. The molecule has 2 aliphatic carbocycles. The van der Waals surface area contributed by atoms with Gasteiger partial charge in [0.2, 0.25) is 0 Å². The molecule has 1 N–H and O–H groups in total. The Hall–Kier alpha value is -3.18. The minimum Gasteiger partial charge on any atom is -0.478 e. The minimum absolute atomic E-state index is 0.262. The Kier molecular flexibility index (Phi) is 3.74. The zero-order valence-corrected chi connectivity index (χ0v) is 10.1. The van der Waals surface area contributed by atoms with Crippen molar-refractivity contribution in [1.29, 1.82) is 0 Å². The largest absolute Gasteiger partial charge is 0.478 e. The molecule has 0 spiro atoms. The van der Waals surface area contributed by atoms with Gasteiger partial charge in [-0.15, -0.1) is 0 Å². The molecular formula is C13H8N4O3. The second kappa shape index (κ2) is 5.64. The molecule has 0 amide bonds. The topological polar surface area (TPSA) is 115 Å². The number of carboxylic acid groups (broad SMARTS) is 1. The van der Waals surface area contributed by atoms with E-state index in [0.29, 0.717) is 11.4 Å². The maximum Gasteiger partial charge on any atom is 0.339 e. The van der Waals surface area contributed by atoms with Crippen molar-refractivity contribution >= 4 is 28.9 Å². The van der Waals surface area contributed by atoms with Crippen molar-refractivity contribution in [3.63, 3.8) is 0 Å². The molecule has 7 heteroatoms. The molecule has 0 radical (unpaired) electrons. The van der Waals surface area contributed by atoms with Crippen molar-refractivity contribution in [1.82, 2.24) is 0 Å². The molecule has 0 aromatic carbocycles. The van der Waals surface area contributed by atoms with Gasteiger partial charge in [-0.1, -0.05) is 0 Å². The Balaban J connectivity index is 2.23. The summed E-state index contributed by atoms with van der Waals surface area (Å²) in [7, 11) is 0. The van der Waals surface area contributed by atoms with Crippen LogP contribution in [0.4, 0.5) is 0 Å². The average Bonchev–Trinajstić information content (AvgIpc) is 2.46. The van der Waals surface area contributed by atoms with Crippen LogP contribution in [0.15, 0.2) is 58.3 Å². The van der Waals surface area contributed by atoms with Crippen molar-refractivity contribution in [3.05, 3.63) is 53.6 Å². The predicted molar refractivity (Wildman–Crippen MR) is 71.6 cm³/mol. The lowest BCUT2D eigenvalue weighted by atomic mass is 10.0. The van der Waals surface area contributed by atoms with Crippen LogP contribution in [0.2, 0.25) is 0 Å². The second-order valence-corrected chi connectivity index (χ2v) is 3.80. The summed E-state index contributed by atoms with van der Waals surface area (Å²) < 4.78 is 0. The highest BCUT2D eigenvalue weighted by Gasteiger charge is 2.18. The molecule has 0 aromatic heterocycles. The van der Waals surface area contributed by atoms with Gasteiger partial charge in [0.25, 0.3) is 0 Å². The number of allylic oxidation sites excluding steroid dienone is 7. The van der Waals surface area contributed by atoms with Gasteiger partial charge >= 0.3 is 11.7 Å². The van der Waals surface area contributed by atoms with Gasteiger partial charge in [0.15, 0.2) is 5.78 Å². The minimum atomic E-state index is -1.30. The number of carbonyl (C=O) groups is 2. The molecule has 0 heterocycles. The summed E-state index contributed by atoms with van der Waals surface area (Å²) in [6.45, 7) is 0. The highest BCUT2D eigenvalue weighted by Crippen LogP contribution is 2.07. The number of rotatable bonds is 2. The summed E-state index contributed by atoms with van der Waals surface area (Å²) in [5.74, 6) is -1.88. The van der Waals surface area contributed by atoms with E-state index < -0.39 is 11.8 Å². The van der Waals surface area contributed by atoms with Crippen molar-refractivity contribution in [3.8, 4) is 0 Å². The van der Waals surface area contributed by atoms with E-state index in [1.165, 1.54) is 18.2 Å². The standard InChI is InChI=1S/C13H8N4O3/c14-15-8-1-3-9(4-2-8)16-17-10-5-6-12(18)11(7-10)13(19)20/h1-7H,(H,19,20)/b17-10+. The number of carbonyl (C=O) groups excluding carboxylic acids is 1. The molecule has 0 saturated heterocycles. The zero-order valence-electron chi connectivity index (χ0n) is 10.1. The quantitative estimate of drug-likeness (QED) is 0.261. The molecule has 20 heavy (non-hydrogen) atoms. The molecule has 0 fully saturated rings. The van der Waals surface area contributed by atoms with Crippen LogP contribution < -0.4 is 0 Å². The first kappa shape index (κ1) is 13.3. The Morgan fingerprint density at radius 1 is 1.05 bits per heavy atom. The first-order chi connectivity index (χ1) is 9.60. The van der Waals surface area contributed by atoms with Crippen LogP contribution in [0.5, 0.6) is 0 Å². The van der Waals surface area contributed by atoms with E-state index in [1.54, 1.807) is 12.2 Å². The Bertz CT molecular complexity index is 696. The van der Waals surface area contributed by atoms with E-state index in [2.05, 4.69) is 15.0 Å². The summed E-state index contributed by atoms with van der Waals surface area (Å²) in [4.78, 5) is 25.1. The smallest absolute Gasteiger partial charge is 0.339 e. The number of hydrogen-bond donors (Lipinski definition) is 1. The molecule has 0 unspecified atom stereocenters. The van der Waals surface area contributed by atoms with Crippen LogP contribution in [-0.4, -0.2) is 38.8 Å². The van der Waals surface area contributed by atoms with Gasteiger partial charge in [0, 0.05) is 12.2 Å². The van der Waals surface area contributed by atoms with Gasteiger partial charge in [-0.25, -0.2) is 4.79 Å². The molecule has 2 rings (SSSR count). The SMILES string of the molecule is [N-]=[N+]=C1C=CC(=N/N=C2\C=CC(=O)C(C(=O)O)=C2)C=C1. The van der Waals surface area contributed by atoms with Crippen molar-refractivity contribution < 1.29 is 19.5 Å². The molecule has 0 bridgehead atoms. The highest BCUT2D eigenvalue weighted by atomic mass is 16.4. The van der Waals surface area contributed by atoms with Gasteiger partial charge in [0.05, 0.1) is 11.4 Å². The number of nitrogens with zero attached hydrogens (tertiary/aromatic N) is 4. The first-order valence-corrected chi connectivity index (χ1v) is 5.51. The highest BCUT2D eigenvalue weighted by molar-refractivity contribution is 6.29. The average molecular weight is 268 g/mol. The lowest BCUT2D eigenvalue weighted by molar-refractivity contribution is -0.134. The monoisotopic (exact) mass is 268 g/mol. The molecule has 98 valence electrons. The van der Waals surface area contributed by atoms with Crippen LogP contribution in [0.25, 0.3) is 5.53 Å². The molecule has 0 aromatic rings. The Labute approximate surface area is 113 Å². The van der Waals surface area contributed by atoms with Crippen LogP contribution in [-0.2, 0) is 9.59 Å². The summed E-state index contributed by atoms with van der Waals surface area (Å²) in [6.07, 6.45) is 9.92. The number of carboxylic acids is 1. The van der Waals surface area contributed by atoms with Gasteiger partial charge in [-0.3, -0.25) is 4.79 Å². The number of aliphatic carboxylic acids is 1. The molecule has 2 aliphatic rings. The summed E-state index contributed by atoms with van der Waals surface area (Å²) in [5, 5.41) is 16.6. The normalized spacial score (nSPS) is 19.1. The van der Waals surface area contributed by atoms with Crippen LogP contribution in [0.1, 0.15) is 0 Å². The maximum atomic E-state index is 11.3. The second-order valence-electron chi connectivity index (χ2n) is 3.80. The van der Waals surface area contributed by atoms with Crippen LogP contribution >= 0.6 is 0 Å². The van der Waals surface area contributed by atoms with Gasteiger partial charge in [0.1, 0.15) is 5.57 Å². The third kappa shape index (κ3) is 2.98. The maximum absolute atomic E-state index is 11.3. The summed E-state index contributed by atoms with van der Waals surface area (Å²) >= 11 is 0. The number of ketones is 1. The van der Waals surface area contributed by atoms with Gasteiger partial charge in [-0.05, 0) is 30.4 Å². The number of hydrogen-bond acceptors (Lipinski definition) is 4. The van der Waals surface area contributed by atoms with Crippen LogP contribution in [0.3, 0.4) is 0 Å². The van der Waals surface area contributed by atoms with Crippen molar-refractivity contribution in [2.75, 3.05) is 0 Å². The van der Waals surface area contributed by atoms with Gasteiger partial charge in [-0.2, -0.15) is 15.0 Å². The summed E-state index contributed by atoms with van der Waals surface area (Å²) in [5.41, 5.74) is 9.32. The van der Waals surface area contributed by atoms with E-state index >= 15 is 0 Å². The van der Waals surface area contributed by atoms with Crippen molar-refractivity contribution in [2.45, 2.75) is 0 Å². The molecule has 0 saturated carbocycles. The lowest BCUT2D eigenvalue weighted by Gasteiger charge is -2.02. The zero-order chi connectivity index (χ0) is 14.5. The van der Waals surface area contributed by atoms with Crippen LogP contribution in [0, 0.1) is 0 Å². The fourth-order valence-corrected chi connectivity index (χ4v) is 1.45. The van der Waals surface area contributed by atoms with E-state index in [-0.39, 0.29) is 11.3 Å². The fraction of sp³-hybridized carbons (Fsp3) is 0. The van der Waals surface area contributed by atoms with E-state index in [4.69, 9.17) is 10.6 Å². The Morgan fingerprint density at radius 2 is 1.65 bits per heavy atom.